The zero-order valence-corrected chi connectivity index (χ0v) is 51.2. The molecule has 0 unspecified atom stereocenters. The summed E-state index contributed by atoms with van der Waals surface area (Å²) in [5.41, 5.74) is 19.6. The fourth-order valence-electron chi connectivity index (χ4n) is 11.8. The first-order chi connectivity index (χ1) is 42.1. The molecule has 0 amide bonds. The van der Waals surface area contributed by atoms with Crippen molar-refractivity contribution in [2.75, 3.05) is 19.6 Å². The van der Waals surface area contributed by atoms with Gasteiger partial charge < -0.3 is 28.4 Å². The predicted molar refractivity (Wildman–Crippen MR) is 367 cm³/mol. The number of nitrogens with zero attached hydrogens (tertiary/aromatic N) is 4. The topological polar surface area (TPSA) is 39.2 Å². The van der Waals surface area contributed by atoms with Crippen molar-refractivity contribution >= 4 is 102 Å². The van der Waals surface area contributed by atoms with Gasteiger partial charge in [0.15, 0.2) is 0 Å². The molecule has 0 aliphatic heterocycles. The maximum atomic E-state index is 8.46. The molecule has 2 aromatic heterocycles. The van der Waals surface area contributed by atoms with Crippen molar-refractivity contribution in [3.63, 3.8) is 0 Å². The number of hydrogen-bond donors (Lipinski definition) is 0. The van der Waals surface area contributed by atoms with E-state index >= 15 is 0 Å². The second-order valence-corrected chi connectivity index (χ2v) is 24.9. The normalized spacial score (nSPS) is 11.7. The lowest BCUT2D eigenvalue weighted by atomic mass is 9.86. The van der Waals surface area contributed by atoms with Crippen LogP contribution in [0.4, 0.5) is 68.2 Å². The molecule has 0 radical (unpaired) electrons. The second kappa shape index (κ2) is 23.1. The van der Waals surface area contributed by atoms with Crippen molar-refractivity contribution in [3.8, 4) is 22.6 Å². The molecule has 7 heteroatoms. The van der Waals surface area contributed by atoms with E-state index in [2.05, 4.69) is 312 Å². The fraction of sp³-hybridized carbons (Fsp3) is 0.125. The number of para-hydroxylation sites is 5. The van der Waals surface area contributed by atoms with Crippen LogP contribution in [0, 0.1) is 13.8 Å². The van der Waals surface area contributed by atoms with Crippen LogP contribution in [-0.2, 0) is 10.8 Å². The molecule has 0 saturated carbocycles. The summed E-state index contributed by atoms with van der Waals surface area (Å²) in [5, 5.41) is 2.71. The summed E-state index contributed by atoms with van der Waals surface area (Å²) in [6, 6.07) is 96.9. The van der Waals surface area contributed by atoms with Crippen LogP contribution in [0.2, 0.25) is 5.02 Å². The molecule has 0 saturated heterocycles. The van der Waals surface area contributed by atoms with E-state index in [-0.39, 0.29) is 10.8 Å². The minimum atomic E-state index is -0.0614. The summed E-state index contributed by atoms with van der Waals surface area (Å²) in [4.78, 5) is 9.34. The standard InChI is InChI=1S/C80H69ClN4O2/c1-54-21-19-22-55(2)78(54)85(69-30-20-29-68(51-69)82(62-25-11-9-12-26-62)64-41-33-56(34-42-64)75-49-58-23-15-17-31-73(58)86-75)72-53-70(83(63-27-13-10-14-28-63)65-43-35-57(36-44-65)76-50-59-24-16-18-32-74(59)87-76)52-71(77(72)81)84(66-45-37-60(38-46-66)79(3,4)5)67-47-39-61(40-48-67)80(6,7)8/h9-53H,1-8H3. The van der Waals surface area contributed by atoms with Crippen molar-refractivity contribution in [2.24, 2.45) is 0 Å². The Hall–Kier alpha value is -10.0. The highest BCUT2D eigenvalue weighted by Crippen LogP contribution is 2.53. The molecule has 87 heavy (non-hydrogen) atoms. The molecule has 13 rings (SSSR count). The van der Waals surface area contributed by atoms with Gasteiger partial charge in [0.2, 0.25) is 0 Å². The van der Waals surface area contributed by atoms with Gasteiger partial charge >= 0.3 is 0 Å². The number of hydrogen-bond acceptors (Lipinski definition) is 6. The van der Waals surface area contributed by atoms with Crippen molar-refractivity contribution in [1.82, 2.24) is 0 Å². The average Bonchev–Trinajstić information content (AvgIpc) is 1.63. The molecular formula is C80H69ClN4O2. The number of aryl methyl sites for hydroxylation is 2. The molecule has 428 valence electrons. The monoisotopic (exact) mass is 1150 g/mol. The highest BCUT2D eigenvalue weighted by Gasteiger charge is 2.29. The van der Waals surface area contributed by atoms with Crippen molar-refractivity contribution in [1.29, 1.82) is 0 Å². The highest BCUT2D eigenvalue weighted by atomic mass is 35.5. The van der Waals surface area contributed by atoms with E-state index in [0.29, 0.717) is 5.02 Å². The Kier molecular flexibility index (Phi) is 14.9. The third-order valence-electron chi connectivity index (χ3n) is 16.5. The van der Waals surface area contributed by atoms with Crippen LogP contribution in [0.5, 0.6) is 0 Å². The quantitative estimate of drug-likeness (QED) is 0.108. The summed E-state index contributed by atoms with van der Waals surface area (Å²) in [6.45, 7) is 17.9. The molecule has 2 heterocycles. The molecule has 0 aliphatic carbocycles. The summed E-state index contributed by atoms with van der Waals surface area (Å²) in [7, 11) is 0. The smallest absolute Gasteiger partial charge is 0.135 e. The van der Waals surface area contributed by atoms with Gasteiger partial charge in [-0.25, -0.2) is 0 Å². The molecule has 13 aromatic rings. The maximum absolute atomic E-state index is 8.46. The summed E-state index contributed by atoms with van der Waals surface area (Å²) in [5.74, 6) is 1.64. The van der Waals surface area contributed by atoms with Crippen LogP contribution in [0.1, 0.15) is 63.8 Å². The van der Waals surface area contributed by atoms with Gasteiger partial charge in [-0.15, -0.1) is 0 Å². The lowest BCUT2D eigenvalue weighted by Gasteiger charge is -2.35. The van der Waals surface area contributed by atoms with Crippen LogP contribution in [0.25, 0.3) is 44.6 Å². The van der Waals surface area contributed by atoms with E-state index in [9.17, 15) is 0 Å². The lowest BCUT2D eigenvalue weighted by Crippen LogP contribution is -2.19. The first-order valence-electron chi connectivity index (χ1n) is 29.8. The zero-order chi connectivity index (χ0) is 60.0. The number of anilines is 12. The maximum Gasteiger partial charge on any atom is 0.135 e. The summed E-state index contributed by atoms with van der Waals surface area (Å²) < 4.78 is 12.8. The Morgan fingerprint density at radius 1 is 0.299 bits per heavy atom. The van der Waals surface area contributed by atoms with Crippen molar-refractivity contribution in [2.45, 2.75) is 66.2 Å². The van der Waals surface area contributed by atoms with Gasteiger partial charge in [0.25, 0.3) is 0 Å². The van der Waals surface area contributed by atoms with Crippen molar-refractivity contribution in [3.05, 3.63) is 300 Å². The van der Waals surface area contributed by atoms with Crippen LogP contribution >= 0.6 is 11.6 Å². The first-order valence-corrected chi connectivity index (χ1v) is 30.2. The SMILES string of the molecule is Cc1cccc(C)c1N(c1cccc(N(c2ccccc2)c2ccc(-c3cc4ccccc4o3)cc2)c1)c1cc(N(c2ccccc2)c2ccc(-c3cc4ccccc4o3)cc2)cc(N(c2ccc(C(C)(C)C)cc2)c2ccc(C(C)(C)C)cc2)c1Cl. The van der Waals surface area contributed by atoms with Gasteiger partial charge in [-0.1, -0.05) is 174 Å². The van der Waals surface area contributed by atoms with E-state index in [1.807, 2.05) is 36.4 Å². The number of benzene rings is 11. The Morgan fingerprint density at radius 2 is 0.644 bits per heavy atom. The minimum Gasteiger partial charge on any atom is -0.456 e. The Bertz CT molecular complexity index is 4410. The molecule has 0 fully saturated rings. The molecule has 0 atom stereocenters. The van der Waals surface area contributed by atoms with Gasteiger partial charge in [-0.05, 0) is 199 Å². The van der Waals surface area contributed by atoms with Crippen LogP contribution < -0.4 is 19.6 Å². The van der Waals surface area contributed by atoms with Crippen molar-refractivity contribution < 1.29 is 8.83 Å². The average molecular weight is 1150 g/mol. The van der Waals surface area contributed by atoms with E-state index in [1.165, 1.54) is 11.1 Å². The van der Waals surface area contributed by atoms with Crippen LogP contribution in [-0.4, -0.2) is 0 Å². The number of furan rings is 2. The van der Waals surface area contributed by atoms with Crippen LogP contribution in [0.15, 0.2) is 282 Å². The lowest BCUT2D eigenvalue weighted by molar-refractivity contribution is 0.590. The van der Waals surface area contributed by atoms with E-state index in [1.54, 1.807) is 0 Å². The summed E-state index contributed by atoms with van der Waals surface area (Å²) in [6.07, 6.45) is 0. The zero-order valence-electron chi connectivity index (χ0n) is 50.5. The molecule has 0 bridgehead atoms. The second-order valence-electron chi connectivity index (χ2n) is 24.6. The predicted octanol–water partition coefficient (Wildman–Crippen LogP) is 24.3. The largest absolute Gasteiger partial charge is 0.456 e. The van der Waals surface area contributed by atoms with Gasteiger partial charge in [0.05, 0.1) is 27.8 Å². The highest BCUT2D eigenvalue weighted by molar-refractivity contribution is 6.37. The molecule has 0 aliphatic rings. The molecule has 11 aromatic carbocycles. The van der Waals surface area contributed by atoms with Gasteiger partial charge in [-0.2, -0.15) is 0 Å². The Labute approximate surface area is 516 Å². The van der Waals surface area contributed by atoms with Crippen LogP contribution in [0.3, 0.4) is 0 Å². The van der Waals surface area contributed by atoms with Gasteiger partial charge in [-0.3, -0.25) is 0 Å². The van der Waals surface area contributed by atoms with Gasteiger partial charge in [0, 0.05) is 67.4 Å². The molecule has 0 spiro atoms. The Morgan fingerprint density at radius 3 is 1.08 bits per heavy atom. The van der Waals surface area contributed by atoms with E-state index in [0.717, 1.165) is 124 Å². The number of fused-ring (bicyclic) bond motifs is 2. The molecular weight excluding hydrogens is 1080 g/mol. The molecule has 6 nitrogen and oxygen atoms in total. The molecule has 0 N–H and O–H groups in total. The fourth-order valence-corrected chi connectivity index (χ4v) is 12.1. The van der Waals surface area contributed by atoms with Gasteiger partial charge in [0.1, 0.15) is 22.7 Å². The minimum absolute atomic E-state index is 0.0614. The number of halogens is 1. The Balaban J connectivity index is 1.04. The van der Waals surface area contributed by atoms with E-state index in [4.69, 9.17) is 20.4 Å². The first kappa shape index (κ1) is 56.1. The third kappa shape index (κ3) is 11.3. The number of rotatable bonds is 14. The third-order valence-corrected chi connectivity index (χ3v) is 16.8. The van der Waals surface area contributed by atoms with E-state index < -0.39 is 0 Å². The summed E-state index contributed by atoms with van der Waals surface area (Å²) >= 11 is 8.46.